The molecule has 2 aromatic carbocycles. The van der Waals surface area contributed by atoms with Gasteiger partial charge in [-0.1, -0.05) is 18.2 Å². The molecule has 0 saturated heterocycles. The van der Waals surface area contributed by atoms with Crippen LogP contribution < -0.4 is 20.7 Å². The molecule has 5 nitrogen and oxygen atoms in total. The van der Waals surface area contributed by atoms with Crippen LogP contribution in [0.1, 0.15) is 0 Å². The highest BCUT2D eigenvalue weighted by molar-refractivity contribution is 5.91. The Kier molecular flexibility index (Phi) is 4.44. The Hall–Kier alpha value is -2.69. The number of hydrogen-bond acceptors (Lipinski definition) is 3. The number of benzene rings is 2. The van der Waals surface area contributed by atoms with Crippen LogP contribution >= 0.6 is 0 Å². The van der Waals surface area contributed by atoms with Gasteiger partial charge in [0.05, 0.1) is 12.8 Å². The first-order valence-electron chi connectivity index (χ1n) is 6.22. The number of para-hydroxylation sites is 1. The van der Waals surface area contributed by atoms with E-state index in [4.69, 9.17) is 4.74 Å². The molecule has 104 valence electrons. The number of methoxy groups -OCH3 is 1. The quantitative estimate of drug-likeness (QED) is 0.800. The van der Waals surface area contributed by atoms with Crippen LogP contribution in [-0.2, 0) is 0 Å². The number of rotatable bonds is 4. The third-order valence-electron chi connectivity index (χ3n) is 2.74. The number of carbonyl (C=O) groups is 1. The van der Waals surface area contributed by atoms with E-state index in [0.29, 0.717) is 11.4 Å². The SMILES string of the molecule is CNC(=O)Nc1ccc(Nc2ccccc2)cc1OC. The molecule has 5 heteroatoms. The number of carbonyl (C=O) groups excluding carboxylic acids is 1. The first-order valence-corrected chi connectivity index (χ1v) is 6.22. The topological polar surface area (TPSA) is 62.4 Å². The van der Waals surface area contributed by atoms with Crippen LogP contribution in [0.25, 0.3) is 0 Å². The number of anilines is 3. The second kappa shape index (κ2) is 6.47. The van der Waals surface area contributed by atoms with Crippen molar-refractivity contribution >= 4 is 23.1 Å². The fourth-order valence-corrected chi connectivity index (χ4v) is 1.75. The van der Waals surface area contributed by atoms with Gasteiger partial charge < -0.3 is 20.7 Å². The average molecular weight is 271 g/mol. The Balaban J connectivity index is 2.18. The second-order valence-electron chi connectivity index (χ2n) is 4.11. The first kappa shape index (κ1) is 13.7. The van der Waals surface area contributed by atoms with Gasteiger partial charge >= 0.3 is 6.03 Å². The van der Waals surface area contributed by atoms with Crippen molar-refractivity contribution in [1.29, 1.82) is 0 Å². The lowest BCUT2D eigenvalue weighted by Gasteiger charge is -2.13. The van der Waals surface area contributed by atoms with Gasteiger partial charge in [-0.05, 0) is 24.3 Å². The molecular formula is C15H17N3O2. The highest BCUT2D eigenvalue weighted by Gasteiger charge is 2.07. The van der Waals surface area contributed by atoms with Crippen molar-refractivity contribution in [3.63, 3.8) is 0 Å². The maximum atomic E-state index is 11.3. The zero-order valence-electron chi connectivity index (χ0n) is 11.4. The third-order valence-corrected chi connectivity index (χ3v) is 2.74. The van der Waals surface area contributed by atoms with Gasteiger partial charge in [-0.25, -0.2) is 4.79 Å². The molecule has 0 atom stereocenters. The summed E-state index contributed by atoms with van der Waals surface area (Å²) in [5.74, 6) is 0.592. The minimum Gasteiger partial charge on any atom is -0.494 e. The summed E-state index contributed by atoms with van der Waals surface area (Å²) in [5, 5.41) is 8.46. The van der Waals surface area contributed by atoms with Gasteiger partial charge in [0.1, 0.15) is 5.75 Å². The zero-order valence-corrected chi connectivity index (χ0v) is 11.4. The van der Waals surface area contributed by atoms with Gasteiger partial charge in [0.2, 0.25) is 0 Å². The molecule has 2 amide bonds. The van der Waals surface area contributed by atoms with Gasteiger partial charge in [-0.2, -0.15) is 0 Å². The molecule has 0 fully saturated rings. The summed E-state index contributed by atoms with van der Waals surface area (Å²) in [6.45, 7) is 0. The van der Waals surface area contributed by atoms with E-state index in [1.165, 1.54) is 0 Å². The van der Waals surface area contributed by atoms with Crippen molar-refractivity contribution in [3.8, 4) is 5.75 Å². The predicted molar refractivity (Wildman–Crippen MR) is 80.8 cm³/mol. The molecule has 0 aromatic heterocycles. The molecular weight excluding hydrogens is 254 g/mol. The highest BCUT2D eigenvalue weighted by Crippen LogP contribution is 2.29. The summed E-state index contributed by atoms with van der Waals surface area (Å²) in [6, 6.07) is 15.0. The van der Waals surface area contributed by atoms with Crippen LogP contribution in [-0.4, -0.2) is 20.2 Å². The van der Waals surface area contributed by atoms with Crippen molar-refractivity contribution in [2.45, 2.75) is 0 Å². The van der Waals surface area contributed by atoms with Crippen molar-refractivity contribution in [2.75, 3.05) is 24.8 Å². The van der Waals surface area contributed by atoms with Crippen LogP contribution in [0.2, 0.25) is 0 Å². The summed E-state index contributed by atoms with van der Waals surface area (Å²) >= 11 is 0. The first-order chi connectivity index (χ1) is 9.72. The summed E-state index contributed by atoms with van der Waals surface area (Å²) in [6.07, 6.45) is 0. The van der Waals surface area contributed by atoms with Crippen LogP contribution in [0, 0.1) is 0 Å². The van der Waals surface area contributed by atoms with E-state index in [-0.39, 0.29) is 6.03 Å². The van der Waals surface area contributed by atoms with Crippen LogP contribution in [0.4, 0.5) is 21.9 Å². The van der Waals surface area contributed by atoms with Gasteiger partial charge in [-0.3, -0.25) is 0 Å². The number of ether oxygens (including phenoxy) is 1. The standard InChI is InChI=1S/C15H17N3O2/c1-16-15(19)18-13-9-8-12(10-14(13)20-2)17-11-6-4-3-5-7-11/h3-10,17H,1-2H3,(H2,16,18,19). The zero-order chi connectivity index (χ0) is 14.4. The smallest absolute Gasteiger partial charge is 0.319 e. The van der Waals surface area contributed by atoms with E-state index in [1.807, 2.05) is 42.5 Å². The molecule has 0 unspecified atom stereocenters. The minimum atomic E-state index is -0.285. The average Bonchev–Trinajstić information content (AvgIpc) is 2.49. The van der Waals surface area contributed by atoms with Crippen molar-refractivity contribution in [3.05, 3.63) is 48.5 Å². The molecule has 0 radical (unpaired) electrons. The summed E-state index contributed by atoms with van der Waals surface area (Å²) in [5.41, 5.74) is 2.49. The fourth-order valence-electron chi connectivity index (χ4n) is 1.75. The molecule has 0 saturated carbocycles. The van der Waals surface area contributed by atoms with Crippen molar-refractivity contribution in [2.24, 2.45) is 0 Å². The molecule has 3 N–H and O–H groups in total. The molecule has 0 spiro atoms. The van der Waals surface area contributed by atoms with Crippen LogP contribution in [0.3, 0.4) is 0 Å². The molecule has 0 bridgehead atoms. The maximum Gasteiger partial charge on any atom is 0.319 e. The minimum absolute atomic E-state index is 0.285. The summed E-state index contributed by atoms with van der Waals surface area (Å²) in [7, 11) is 3.13. The van der Waals surface area contributed by atoms with Crippen LogP contribution in [0.5, 0.6) is 5.75 Å². The summed E-state index contributed by atoms with van der Waals surface area (Å²) in [4.78, 5) is 11.3. The number of urea groups is 1. The molecule has 20 heavy (non-hydrogen) atoms. The van der Waals surface area contributed by atoms with E-state index in [2.05, 4.69) is 16.0 Å². The highest BCUT2D eigenvalue weighted by atomic mass is 16.5. The molecule has 0 aliphatic rings. The molecule has 0 aliphatic heterocycles. The lowest BCUT2D eigenvalue weighted by Crippen LogP contribution is -2.24. The molecule has 2 aromatic rings. The Labute approximate surface area is 118 Å². The van der Waals surface area contributed by atoms with Gasteiger partial charge in [-0.15, -0.1) is 0 Å². The van der Waals surface area contributed by atoms with E-state index >= 15 is 0 Å². The normalized spacial score (nSPS) is 9.70. The van der Waals surface area contributed by atoms with E-state index in [9.17, 15) is 4.79 Å². The monoisotopic (exact) mass is 271 g/mol. The summed E-state index contributed by atoms with van der Waals surface area (Å²) < 4.78 is 5.29. The third kappa shape index (κ3) is 3.41. The predicted octanol–water partition coefficient (Wildman–Crippen LogP) is 3.19. The van der Waals surface area contributed by atoms with Gasteiger partial charge in [0.15, 0.2) is 0 Å². The lowest BCUT2D eigenvalue weighted by molar-refractivity contribution is 0.254. The number of hydrogen-bond donors (Lipinski definition) is 3. The largest absolute Gasteiger partial charge is 0.494 e. The maximum absolute atomic E-state index is 11.3. The fraction of sp³-hybridized carbons (Fsp3) is 0.133. The molecule has 0 heterocycles. The Morgan fingerprint density at radius 3 is 2.45 bits per heavy atom. The number of nitrogens with one attached hydrogen (secondary N) is 3. The Bertz CT molecular complexity index is 585. The van der Waals surface area contributed by atoms with Crippen LogP contribution in [0.15, 0.2) is 48.5 Å². The Morgan fingerprint density at radius 1 is 1.05 bits per heavy atom. The lowest BCUT2D eigenvalue weighted by atomic mass is 10.2. The van der Waals surface area contributed by atoms with Crippen molar-refractivity contribution in [1.82, 2.24) is 5.32 Å². The van der Waals surface area contributed by atoms with E-state index < -0.39 is 0 Å². The van der Waals surface area contributed by atoms with Gasteiger partial charge in [0, 0.05) is 24.5 Å². The Morgan fingerprint density at radius 2 is 1.80 bits per heavy atom. The molecule has 2 rings (SSSR count). The van der Waals surface area contributed by atoms with E-state index in [0.717, 1.165) is 11.4 Å². The van der Waals surface area contributed by atoms with Gasteiger partial charge in [0.25, 0.3) is 0 Å². The second-order valence-corrected chi connectivity index (χ2v) is 4.11. The van der Waals surface area contributed by atoms with E-state index in [1.54, 1.807) is 20.2 Å². The van der Waals surface area contributed by atoms with Crippen molar-refractivity contribution < 1.29 is 9.53 Å². The number of amides is 2. The molecule has 0 aliphatic carbocycles.